The number of thioether (sulfide) groups is 1. The van der Waals surface area contributed by atoms with Gasteiger partial charge in [-0.15, -0.1) is 11.8 Å². The lowest BCUT2D eigenvalue weighted by Crippen LogP contribution is -2.43. The lowest BCUT2D eigenvalue weighted by Gasteiger charge is -2.31. The van der Waals surface area contributed by atoms with Crippen LogP contribution in [-0.4, -0.2) is 48.3 Å². The molecular formula is C22H23F3N2O3S. The molecule has 166 valence electrons. The molecule has 0 spiro atoms. The van der Waals surface area contributed by atoms with E-state index in [1.54, 1.807) is 41.3 Å². The average molecular weight is 452 g/mol. The van der Waals surface area contributed by atoms with Crippen LogP contribution in [0.2, 0.25) is 0 Å². The Kier molecular flexibility index (Phi) is 7.84. The number of carbonyl (C=O) groups excluding carboxylic acids is 2. The van der Waals surface area contributed by atoms with Gasteiger partial charge in [-0.05, 0) is 37.1 Å². The number of nitrogens with one attached hydrogen (secondary N) is 1. The van der Waals surface area contributed by atoms with Crippen molar-refractivity contribution in [3.63, 3.8) is 0 Å². The van der Waals surface area contributed by atoms with Gasteiger partial charge in [-0.25, -0.2) is 0 Å². The fourth-order valence-corrected chi connectivity index (χ4v) is 4.00. The molecule has 0 atom stereocenters. The van der Waals surface area contributed by atoms with Crippen LogP contribution in [0.5, 0.6) is 5.75 Å². The van der Waals surface area contributed by atoms with Crippen LogP contribution < -0.4 is 10.1 Å². The number of likely N-dealkylation sites (tertiary alicyclic amines) is 1. The highest BCUT2D eigenvalue weighted by Crippen LogP contribution is 2.32. The molecule has 5 nitrogen and oxygen atoms in total. The number of para-hydroxylation sites is 2. The first-order valence-corrected chi connectivity index (χ1v) is 10.9. The molecule has 0 saturated carbocycles. The third kappa shape index (κ3) is 7.20. The minimum Gasteiger partial charge on any atom is -0.484 e. The molecule has 1 N–H and O–H groups in total. The quantitative estimate of drug-likeness (QED) is 0.624. The fraction of sp³-hybridized carbons (Fsp3) is 0.364. The number of benzene rings is 2. The number of rotatable bonds is 7. The van der Waals surface area contributed by atoms with Gasteiger partial charge in [-0.3, -0.25) is 9.59 Å². The Labute approximate surface area is 182 Å². The number of alkyl halides is 3. The molecule has 0 unspecified atom stereocenters. The van der Waals surface area contributed by atoms with E-state index >= 15 is 0 Å². The summed E-state index contributed by atoms with van der Waals surface area (Å²) in [7, 11) is 0. The zero-order valence-electron chi connectivity index (χ0n) is 16.7. The van der Waals surface area contributed by atoms with E-state index in [0.717, 1.165) is 0 Å². The van der Waals surface area contributed by atoms with Crippen molar-refractivity contribution in [3.05, 3.63) is 54.6 Å². The molecule has 1 aliphatic heterocycles. The SMILES string of the molecule is O=C(Nc1ccccc1SCC(F)(F)F)C1CCN(C(=O)COc2ccccc2)CC1. The topological polar surface area (TPSA) is 58.6 Å². The van der Waals surface area contributed by atoms with Gasteiger partial charge < -0.3 is 15.0 Å². The molecule has 0 radical (unpaired) electrons. The standard InChI is InChI=1S/C22H23F3N2O3S/c23-22(24,25)15-31-19-9-5-4-8-18(19)26-21(29)16-10-12-27(13-11-16)20(28)14-30-17-6-2-1-3-7-17/h1-9,16H,10-15H2,(H,26,29). The highest BCUT2D eigenvalue weighted by molar-refractivity contribution is 7.99. The molecule has 1 fully saturated rings. The smallest absolute Gasteiger partial charge is 0.398 e. The molecule has 2 aromatic rings. The molecule has 0 aliphatic carbocycles. The number of hydrogen-bond acceptors (Lipinski definition) is 4. The summed E-state index contributed by atoms with van der Waals surface area (Å²) in [5.41, 5.74) is 0.372. The number of anilines is 1. The first kappa shape index (κ1) is 23.0. The summed E-state index contributed by atoms with van der Waals surface area (Å²) in [6, 6.07) is 15.5. The van der Waals surface area contributed by atoms with Crippen molar-refractivity contribution in [2.24, 2.45) is 5.92 Å². The first-order chi connectivity index (χ1) is 14.8. The minimum atomic E-state index is -4.29. The van der Waals surface area contributed by atoms with Crippen molar-refractivity contribution in [2.75, 3.05) is 30.8 Å². The van der Waals surface area contributed by atoms with Crippen LogP contribution in [0.1, 0.15) is 12.8 Å². The molecule has 0 aromatic heterocycles. The van der Waals surface area contributed by atoms with Crippen molar-refractivity contribution in [1.29, 1.82) is 0 Å². The first-order valence-electron chi connectivity index (χ1n) is 9.87. The second-order valence-electron chi connectivity index (χ2n) is 7.15. The summed E-state index contributed by atoms with van der Waals surface area (Å²) < 4.78 is 43.1. The molecule has 3 rings (SSSR count). The highest BCUT2D eigenvalue weighted by atomic mass is 32.2. The predicted octanol–water partition coefficient (Wildman–Crippen LogP) is 4.60. The van der Waals surface area contributed by atoms with Crippen LogP contribution in [-0.2, 0) is 9.59 Å². The summed E-state index contributed by atoms with van der Waals surface area (Å²) in [4.78, 5) is 27.0. The van der Waals surface area contributed by atoms with Gasteiger partial charge in [0.2, 0.25) is 5.91 Å². The molecule has 2 amide bonds. The zero-order valence-corrected chi connectivity index (χ0v) is 17.5. The summed E-state index contributed by atoms with van der Waals surface area (Å²) in [5.74, 6) is -1.10. The van der Waals surface area contributed by atoms with Crippen LogP contribution in [0.15, 0.2) is 59.5 Å². The lowest BCUT2D eigenvalue weighted by atomic mass is 9.95. The van der Waals surface area contributed by atoms with Crippen molar-refractivity contribution in [3.8, 4) is 5.75 Å². The number of halogens is 3. The van der Waals surface area contributed by atoms with Gasteiger partial charge in [0.05, 0.1) is 11.4 Å². The van der Waals surface area contributed by atoms with Crippen LogP contribution in [0.4, 0.5) is 18.9 Å². The molecule has 1 saturated heterocycles. The number of nitrogens with zero attached hydrogens (tertiary/aromatic N) is 1. The van der Waals surface area contributed by atoms with Gasteiger partial charge in [0.25, 0.3) is 5.91 Å². The number of carbonyl (C=O) groups is 2. The Morgan fingerprint density at radius 1 is 1.03 bits per heavy atom. The number of hydrogen-bond donors (Lipinski definition) is 1. The lowest BCUT2D eigenvalue weighted by molar-refractivity contribution is -0.136. The summed E-state index contributed by atoms with van der Waals surface area (Å²) in [6.07, 6.45) is -3.31. The predicted molar refractivity (Wildman–Crippen MR) is 113 cm³/mol. The van der Waals surface area contributed by atoms with Crippen molar-refractivity contribution < 1.29 is 27.5 Å². The summed E-state index contributed by atoms with van der Waals surface area (Å²) >= 11 is 0.644. The van der Waals surface area contributed by atoms with E-state index in [0.29, 0.717) is 54.0 Å². The van der Waals surface area contributed by atoms with Gasteiger partial charge >= 0.3 is 6.18 Å². The van der Waals surface area contributed by atoms with E-state index in [2.05, 4.69) is 5.32 Å². The van der Waals surface area contributed by atoms with Crippen molar-refractivity contribution in [1.82, 2.24) is 4.90 Å². The van der Waals surface area contributed by atoms with Crippen molar-refractivity contribution >= 4 is 29.3 Å². The Hall–Kier alpha value is -2.68. The van der Waals surface area contributed by atoms with Gasteiger partial charge in [0.1, 0.15) is 5.75 Å². The van der Waals surface area contributed by atoms with Gasteiger partial charge in [-0.1, -0.05) is 30.3 Å². The van der Waals surface area contributed by atoms with E-state index in [1.807, 2.05) is 18.2 Å². The van der Waals surface area contributed by atoms with Gasteiger partial charge in [0.15, 0.2) is 6.61 Å². The number of ether oxygens (including phenoxy) is 1. The second kappa shape index (κ2) is 10.6. The number of amides is 2. The molecule has 31 heavy (non-hydrogen) atoms. The fourth-order valence-electron chi connectivity index (χ4n) is 3.23. The minimum absolute atomic E-state index is 0.0648. The summed E-state index contributed by atoms with van der Waals surface area (Å²) in [5, 5.41) is 2.75. The van der Waals surface area contributed by atoms with Crippen LogP contribution in [0.25, 0.3) is 0 Å². The Bertz CT molecular complexity index is 885. The van der Waals surface area contributed by atoms with E-state index in [9.17, 15) is 22.8 Å². The van der Waals surface area contributed by atoms with Crippen molar-refractivity contribution in [2.45, 2.75) is 23.9 Å². The number of piperidine rings is 1. The monoisotopic (exact) mass is 452 g/mol. The maximum absolute atomic E-state index is 12.6. The largest absolute Gasteiger partial charge is 0.484 e. The van der Waals surface area contributed by atoms with E-state index in [4.69, 9.17) is 4.74 Å². The third-order valence-electron chi connectivity index (χ3n) is 4.86. The maximum atomic E-state index is 12.6. The maximum Gasteiger partial charge on any atom is 0.398 e. The molecular weight excluding hydrogens is 429 g/mol. The van der Waals surface area contributed by atoms with Crippen LogP contribution >= 0.6 is 11.8 Å². The molecule has 0 bridgehead atoms. The van der Waals surface area contributed by atoms with Gasteiger partial charge in [0, 0.05) is 23.9 Å². The van der Waals surface area contributed by atoms with Crippen LogP contribution in [0.3, 0.4) is 0 Å². The van der Waals surface area contributed by atoms with E-state index in [-0.39, 0.29) is 24.3 Å². The van der Waals surface area contributed by atoms with Crippen LogP contribution in [0, 0.1) is 5.92 Å². The average Bonchev–Trinajstić information content (AvgIpc) is 2.77. The second-order valence-corrected chi connectivity index (χ2v) is 8.16. The Morgan fingerprint density at radius 2 is 1.68 bits per heavy atom. The molecule has 1 aliphatic rings. The zero-order chi connectivity index (χ0) is 22.3. The van der Waals surface area contributed by atoms with E-state index in [1.165, 1.54) is 0 Å². The van der Waals surface area contributed by atoms with Gasteiger partial charge in [-0.2, -0.15) is 13.2 Å². The third-order valence-corrected chi connectivity index (χ3v) is 6.00. The molecule has 1 heterocycles. The summed E-state index contributed by atoms with van der Waals surface area (Å²) in [6.45, 7) is 0.795. The highest BCUT2D eigenvalue weighted by Gasteiger charge is 2.29. The molecule has 9 heteroatoms. The molecule has 2 aromatic carbocycles. The Balaban J connectivity index is 1.48. The van der Waals surface area contributed by atoms with E-state index < -0.39 is 11.9 Å². The Morgan fingerprint density at radius 3 is 2.35 bits per heavy atom. The normalized spacial score (nSPS) is 14.9.